The first-order chi connectivity index (χ1) is 17.0. The number of rotatable bonds is 7. The lowest BCUT2D eigenvalue weighted by molar-refractivity contribution is -0.124. The second-order valence-electron chi connectivity index (χ2n) is 8.66. The van der Waals surface area contributed by atoms with E-state index in [-0.39, 0.29) is 42.8 Å². The van der Waals surface area contributed by atoms with E-state index in [1.54, 1.807) is 18.3 Å². The summed E-state index contributed by atoms with van der Waals surface area (Å²) in [4.78, 5) is 41.0. The molecule has 1 unspecified atom stereocenters. The lowest BCUT2D eigenvalue weighted by Crippen LogP contribution is -2.28. The number of benzene rings is 2. The maximum Gasteiger partial charge on any atom is 0.225 e. The molecule has 0 spiro atoms. The van der Waals surface area contributed by atoms with Crippen LogP contribution in [0.5, 0.6) is 17.2 Å². The predicted molar refractivity (Wildman–Crippen MR) is 125 cm³/mol. The van der Waals surface area contributed by atoms with Gasteiger partial charge in [-0.15, -0.1) is 0 Å². The Morgan fingerprint density at radius 2 is 1.91 bits per heavy atom. The van der Waals surface area contributed by atoms with Crippen molar-refractivity contribution in [1.82, 2.24) is 4.98 Å². The molecule has 3 aromatic rings. The molecule has 178 valence electrons. The molecule has 5 rings (SSSR count). The van der Waals surface area contributed by atoms with E-state index >= 15 is 0 Å². The van der Waals surface area contributed by atoms with Gasteiger partial charge < -0.3 is 14.8 Å². The Morgan fingerprint density at radius 3 is 2.74 bits per heavy atom. The van der Waals surface area contributed by atoms with Crippen LogP contribution in [-0.4, -0.2) is 29.1 Å². The molecule has 35 heavy (non-hydrogen) atoms. The van der Waals surface area contributed by atoms with E-state index in [0.717, 1.165) is 11.1 Å². The Hall–Kier alpha value is -4.07. The molecule has 2 aromatic carbocycles. The summed E-state index contributed by atoms with van der Waals surface area (Å²) in [6.45, 7) is 0.258. The Kier molecular flexibility index (Phi) is 6.27. The molecule has 0 saturated carbocycles. The molecule has 0 saturated heterocycles. The smallest absolute Gasteiger partial charge is 0.225 e. The van der Waals surface area contributed by atoms with E-state index in [0.29, 0.717) is 47.9 Å². The summed E-state index contributed by atoms with van der Waals surface area (Å²) in [7, 11) is 0. The highest BCUT2D eigenvalue weighted by atomic mass is 19.1. The van der Waals surface area contributed by atoms with Gasteiger partial charge in [0.25, 0.3) is 0 Å². The van der Waals surface area contributed by atoms with Gasteiger partial charge in [-0.2, -0.15) is 0 Å². The summed E-state index contributed by atoms with van der Waals surface area (Å²) >= 11 is 0. The number of ketones is 2. The van der Waals surface area contributed by atoms with Gasteiger partial charge in [-0.1, -0.05) is 0 Å². The molecule has 0 aliphatic carbocycles. The summed E-state index contributed by atoms with van der Waals surface area (Å²) in [5.41, 5.74) is 2.09. The summed E-state index contributed by atoms with van der Waals surface area (Å²) in [5.74, 6) is 1.37. The third kappa shape index (κ3) is 5.06. The number of halogens is 1. The molecular formula is C27H23FN2O5. The first kappa shape index (κ1) is 22.7. The van der Waals surface area contributed by atoms with E-state index in [1.165, 1.54) is 24.3 Å². The van der Waals surface area contributed by atoms with E-state index < -0.39 is 5.82 Å². The summed E-state index contributed by atoms with van der Waals surface area (Å²) in [6, 6.07) is 12.6. The maximum atomic E-state index is 13.1. The molecule has 8 heteroatoms. The van der Waals surface area contributed by atoms with Crippen molar-refractivity contribution in [2.24, 2.45) is 5.92 Å². The molecule has 1 aromatic heterocycles. The molecule has 7 nitrogen and oxygen atoms in total. The number of fused-ring (bicyclic) bond motifs is 2. The average Bonchev–Trinajstić information content (AvgIpc) is 2.87. The fourth-order valence-electron chi connectivity index (χ4n) is 4.34. The zero-order chi connectivity index (χ0) is 24.4. The van der Waals surface area contributed by atoms with E-state index in [1.807, 2.05) is 12.1 Å². The fraction of sp³-hybridized carbons (Fsp3) is 0.259. The number of amides is 1. The van der Waals surface area contributed by atoms with Gasteiger partial charge in [-0.25, -0.2) is 9.37 Å². The number of hydrogen-bond donors (Lipinski definition) is 1. The SMILES string of the molecule is O=C1CCc2c(Oc3ccc4c(c3)CC(C(=O)CCC(=O)c3ccc(F)cc3)CO4)ccnc2N1. The molecule has 1 amide bonds. The van der Waals surface area contributed by atoms with Crippen molar-refractivity contribution in [2.75, 3.05) is 11.9 Å². The zero-order valence-corrected chi connectivity index (χ0v) is 18.9. The predicted octanol–water partition coefficient (Wildman–Crippen LogP) is 4.68. The highest BCUT2D eigenvalue weighted by molar-refractivity contribution is 5.98. The molecule has 1 N–H and O–H groups in total. The van der Waals surface area contributed by atoms with Gasteiger partial charge in [0.15, 0.2) is 5.78 Å². The molecule has 0 radical (unpaired) electrons. The van der Waals surface area contributed by atoms with Gasteiger partial charge in [0.05, 0.1) is 12.5 Å². The standard InChI is InChI=1S/C27H23FN2O5/c28-19-3-1-16(2-4-19)22(31)7-8-23(32)18-13-17-14-20(5-9-24(17)34-15-18)35-25-11-12-29-27-21(25)6-10-26(33)30-27/h1-5,9,11-12,14,18H,6-8,10,13,15H2,(H,29,30,33). The number of carbonyl (C=O) groups is 3. The van der Waals surface area contributed by atoms with Crippen molar-refractivity contribution in [3.05, 3.63) is 77.2 Å². The van der Waals surface area contributed by atoms with Crippen LogP contribution in [0.25, 0.3) is 0 Å². The number of nitrogens with zero attached hydrogens (tertiary/aromatic N) is 1. The van der Waals surface area contributed by atoms with Crippen molar-refractivity contribution in [2.45, 2.75) is 32.1 Å². The summed E-state index contributed by atoms with van der Waals surface area (Å²) in [5, 5.41) is 2.76. The van der Waals surface area contributed by atoms with Gasteiger partial charge >= 0.3 is 0 Å². The van der Waals surface area contributed by atoms with Gasteiger partial charge in [0.1, 0.15) is 34.7 Å². The number of carbonyl (C=O) groups excluding carboxylic acids is 3. The van der Waals surface area contributed by atoms with Crippen molar-refractivity contribution >= 4 is 23.3 Å². The summed E-state index contributed by atoms with van der Waals surface area (Å²) < 4.78 is 25.0. The number of nitrogens with one attached hydrogen (secondary N) is 1. The second kappa shape index (κ2) is 9.66. The van der Waals surface area contributed by atoms with Crippen LogP contribution in [0, 0.1) is 11.7 Å². The van der Waals surface area contributed by atoms with Crippen LogP contribution in [0.15, 0.2) is 54.7 Å². The molecule has 3 heterocycles. The molecule has 0 fully saturated rings. The number of aromatic nitrogens is 1. The van der Waals surface area contributed by atoms with Crippen LogP contribution in [-0.2, 0) is 22.4 Å². The van der Waals surface area contributed by atoms with Gasteiger partial charge in [0.2, 0.25) is 5.91 Å². The van der Waals surface area contributed by atoms with Crippen molar-refractivity contribution in [3.8, 4) is 17.2 Å². The van der Waals surface area contributed by atoms with Crippen LogP contribution in [0.3, 0.4) is 0 Å². The van der Waals surface area contributed by atoms with Crippen LogP contribution in [0.2, 0.25) is 0 Å². The molecular weight excluding hydrogens is 451 g/mol. The Labute approximate surface area is 201 Å². The quantitative estimate of drug-likeness (QED) is 0.500. The van der Waals surface area contributed by atoms with E-state index in [4.69, 9.17) is 9.47 Å². The number of anilines is 1. The van der Waals surface area contributed by atoms with Crippen LogP contribution in [0.4, 0.5) is 10.2 Å². The molecule has 2 aliphatic rings. The highest BCUT2D eigenvalue weighted by Crippen LogP contribution is 2.36. The lowest BCUT2D eigenvalue weighted by atomic mass is 9.90. The van der Waals surface area contributed by atoms with E-state index in [2.05, 4.69) is 10.3 Å². The number of ether oxygens (including phenoxy) is 2. The highest BCUT2D eigenvalue weighted by Gasteiger charge is 2.27. The number of pyridine rings is 1. The largest absolute Gasteiger partial charge is 0.493 e. The third-order valence-corrected chi connectivity index (χ3v) is 6.26. The maximum absolute atomic E-state index is 13.1. The normalized spacial score (nSPS) is 16.4. The minimum absolute atomic E-state index is 0.0450. The zero-order valence-electron chi connectivity index (χ0n) is 18.9. The Morgan fingerprint density at radius 1 is 1.09 bits per heavy atom. The van der Waals surface area contributed by atoms with Gasteiger partial charge in [-0.3, -0.25) is 14.4 Å². The fourth-order valence-corrected chi connectivity index (χ4v) is 4.34. The van der Waals surface area contributed by atoms with Crippen LogP contribution >= 0.6 is 0 Å². The number of Topliss-reactive ketones (excluding diaryl/α,β-unsaturated/α-hetero) is 2. The molecule has 0 bridgehead atoms. The Bertz CT molecular complexity index is 1310. The molecule has 2 aliphatic heterocycles. The van der Waals surface area contributed by atoms with Crippen LogP contribution < -0.4 is 14.8 Å². The monoisotopic (exact) mass is 474 g/mol. The van der Waals surface area contributed by atoms with Crippen molar-refractivity contribution < 1.29 is 28.2 Å². The Balaban J connectivity index is 1.24. The third-order valence-electron chi connectivity index (χ3n) is 6.26. The molecule has 1 atom stereocenters. The van der Waals surface area contributed by atoms with E-state index in [9.17, 15) is 18.8 Å². The first-order valence-corrected chi connectivity index (χ1v) is 11.5. The van der Waals surface area contributed by atoms with Gasteiger partial charge in [-0.05, 0) is 66.9 Å². The first-order valence-electron chi connectivity index (χ1n) is 11.5. The second-order valence-corrected chi connectivity index (χ2v) is 8.66. The summed E-state index contributed by atoms with van der Waals surface area (Å²) in [6.07, 6.45) is 3.17. The topological polar surface area (TPSA) is 94.6 Å². The minimum atomic E-state index is -0.408. The minimum Gasteiger partial charge on any atom is -0.493 e. The lowest BCUT2D eigenvalue weighted by Gasteiger charge is -2.25. The van der Waals surface area contributed by atoms with Crippen LogP contribution in [0.1, 0.15) is 40.7 Å². The number of hydrogen-bond acceptors (Lipinski definition) is 6. The van der Waals surface area contributed by atoms with Crippen molar-refractivity contribution in [1.29, 1.82) is 0 Å². The van der Waals surface area contributed by atoms with Gasteiger partial charge in [0, 0.05) is 36.6 Å². The van der Waals surface area contributed by atoms with Crippen molar-refractivity contribution in [3.63, 3.8) is 0 Å². The average molecular weight is 474 g/mol.